The minimum atomic E-state index is -1.27. The molecule has 0 spiro atoms. The maximum absolute atomic E-state index is 12.5. The first-order chi connectivity index (χ1) is 18.5. The van der Waals surface area contributed by atoms with Gasteiger partial charge in [0.2, 0.25) is 5.91 Å². The number of alkyl carbamates (subject to hydrolysis) is 2. The second-order valence-electron chi connectivity index (χ2n) is 11.0. The summed E-state index contributed by atoms with van der Waals surface area (Å²) in [6.07, 6.45) is -0.393. The van der Waals surface area contributed by atoms with Crippen LogP contribution in [-0.2, 0) is 19.1 Å². The topological polar surface area (TPSA) is 143 Å². The van der Waals surface area contributed by atoms with Crippen molar-refractivity contribution in [2.75, 3.05) is 6.61 Å². The number of fused-ring (bicyclic) bond motifs is 3. The molecule has 10 nitrogen and oxygen atoms in total. The number of ether oxygens (including phenoxy) is 2. The monoisotopic (exact) mass is 537 g/mol. The molecule has 2 aromatic rings. The number of carboxylic acid groups (broad SMARTS) is 1. The Morgan fingerprint density at radius 2 is 1.46 bits per heavy atom. The van der Waals surface area contributed by atoms with Gasteiger partial charge in [0, 0.05) is 24.4 Å². The van der Waals surface area contributed by atoms with Crippen molar-refractivity contribution in [2.45, 2.75) is 76.1 Å². The first kappa shape index (κ1) is 27.9. The van der Waals surface area contributed by atoms with Crippen LogP contribution in [-0.4, -0.2) is 59.5 Å². The van der Waals surface area contributed by atoms with Gasteiger partial charge in [-0.05, 0) is 62.3 Å². The van der Waals surface area contributed by atoms with Crippen LogP contribution >= 0.6 is 0 Å². The Labute approximate surface area is 227 Å². The van der Waals surface area contributed by atoms with Crippen LogP contribution < -0.4 is 16.0 Å². The molecule has 10 heteroatoms. The van der Waals surface area contributed by atoms with Gasteiger partial charge in [-0.1, -0.05) is 48.5 Å². The zero-order valence-corrected chi connectivity index (χ0v) is 22.4. The van der Waals surface area contributed by atoms with E-state index in [1.807, 2.05) is 48.5 Å². The first-order valence-electron chi connectivity index (χ1n) is 13.1. The number of hydrogen-bond acceptors (Lipinski definition) is 6. The van der Waals surface area contributed by atoms with Gasteiger partial charge in [-0.15, -0.1) is 0 Å². The van der Waals surface area contributed by atoms with Crippen LogP contribution in [0.4, 0.5) is 9.59 Å². The minimum absolute atomic E-state index is 0.0624. The molecule has 0 radical (unpaired) electrons. The third kappa shape index (κ3) is 7.28. The Kier molecular flexibility index (Phi) is 8.42. The summed E-state index contributed by atoms with van der Waals surface area (Å²) >= 11 is 0. The molecule has 0 unspecified atom stereocenters. The molecule has 4 rings (SSSR count). The third-order valence-electron chi connectivity index (χ3n) is 6.82. The molecular formula is C29H35N3O7. The highest BCUT2D eigenvalue weighted by atomic mass is 16.6. The van der Waals surface area contributed by atoms with Crippen molar-refractivity contribution < 1.29 is 33.8 Å². The lowest BCUT2D eigenvalue weighted by Crippen LogP contribution is -2.54. The lowest BCUT2D eigenvalue weighted by molar-refractivity contribution is -0.139. The molecule has 4 N–H and O–H groups in total. The molecule has 39 heavy (non-hydrogen) atoms. The number of hydrogen-bond donors (Lipinski definition) is 4. The summed E-state index contributed by atoms with van der Waals surface area (Å²) in [5, 5.41) is 17.5. The molecule has 0 aromatic heterocycles. The number of carbonyl (C=O) groups excluding carboxylic acids is 3. The summed E-state index contributed by atoms with van der Waals surface area (Å²) in [6, 6.07) is 14.4. The standard InChI is InChI=1S/C29H35N3O7/c1-29(2,3)39-28(37)31-18-14-17(15-18)30-25(33)13-12-24(26(34)35)32-27(36)38-16-23-21-10-6-4-8-19(21)20-9-5-7-11-22(20)23/h4-11,17-18,23-24H,12-16H2,1-3H3,(H,30,33)(H,31,37)(H,32,36)(H,34,35)/t17-,18+,24-/m0/s1. The van der Waals surface area contributed by atoms with Gasteiger partial charge in [0.05, 0.1) is 0 Å². The van der Waals surface area contributed by atoms with E-state index in [-0.39, 0.29) is 43.4 Å². The Bertz CT molecular complexity index is 1190. The molecule has 1 fully saturated rings. The van der Waals surface area contributed by atoms with Crippen LogP contribution in [0.2, 0.25) is 0 Å². The Morgan fingerprint density at radius 3 is 2.03 bits per heavy atom. The molecule has 0 bridgehead atoms. The normalized spacial score (nSPS) is 18.5. The van der Waals surface area contributed by atoms with E-state index in [4.69, 9.17) is 9.47 Å². The van der Waals surface area contributed by atoms with Crippen molar-refractivity contribution in [3.63, 3.8) is 0 Å². The van der Waals surface area contributed by atoms with Crippen LogP contribution in [0.1, 0.15) is 63.5 Å². The molecule has 0 aliphatic heterocycles. The van der Waals surface area contributed by atoms with Gasteiger partial charge in [-0.2, -0.15) is 0 Å². The summed E-state index contributed by atoms with van der Waals surface area (Å²) in [4.78, 5) is 48.4. The van der Waals surface area contributed by atoms with E-state index >= 15 is 0 Å². The molecule has 208 valence electrons. The second-order valence-corrected chi connectivity index (χ2v) is 11.0. The molecule has 2 aliphatic carbocycles. The number of benzene rings is 2. The molecule has 0 saturated heterocycles. The van der Waals surface area contributed by atoms with Crippen LogP contribution in [0.3, 0.4) is 0 Å². The zero-order valence-electron chi connectivity index (χ0n) is 22.4. The van der Waals surface area contributed by atoms with Gasteiger partial charge >= 0.3 is 18.2 Å². The third-order valence-corrected chi connectivity index (χ3v) is 6.82. The van der Waals surface area contributed by atoms with E-state index in [1.165, 1.54) is 0 Å². The highest BCUT2D eigenvalue weighted by molar-refractivity contribution is 5.82. The van der Waals surface area contributed by atoms with Crippen molar-refractivity contribution >= 4 is 24.1 Å². The average molecular weight is 538 g/mol. The second kappa shape index (κ2) is 11.8. The van der Waals surface area contributed by atoms with Crippen LogP contribution in [0, 0.1) is 0 Å². The molecule has 2 aromatic carbocycles. The number of carbonyl (C=O) groups is 4. The predicted octanol–water partition coefficient (Wildman–Crippen LogP) is 3.93. The van der Waals surface area contributed by atoms with E-state index in [1.54, 1.807) is 20.8 Å². The van der Waals surface area contributed by atoms with E-state index in [0.29, 0.717) is 12.8 Å². The van der Waals surface area contributed by atoms with Gasteiger partial charge in [-0.3, -0.25) is 4.79 Å². The van der Waals surface area contributed by atoms with Crippen LogP contribution in [0.5, 0.6) is 0 Å². The molecule has 2 aliphatic rings. The number of aliphatic carboxylic acids is 1. The van der Waals surface area contributed by atoms with E-state index in [9.17, 15) is 24.3 Å². The Morgan fingerprint density at radius 1 is 0.897 bits per heavy atom. The summed E-state index contributed by atoms with van der Waals surface area (Å²) in [5.74, 6) is -1.72. The fourth-order valence-electron chi connectivity index (χ4n) is 4.94. The molecule has 1 saturated carbocycles. The van der Waals surface area contributed by atoms with Gasteiger partial charge < -0.3 is 30.5 Å². The van der Waals surface area contributed by atoms with Crippen LogP contribution in [0.15, 0.2) is 48.5 Å². The van der Waals surface area contributed by atoms with E-state index < -0.39 is 29.8 Å². The predicted molar refractivity (Wildman–Crippen MR) is 143 cm³/mol. The molecule has 0 heterocycles. The first-order valence-corrected chi connectivity index (χ1v) is 13.1. The number of rotatable bonds is 9. The van der Waals surface area contributed by atoms with Crippen molar-refractivity contribution in [1.29, 1.82) is 0 Å². The fourth-order valence-corrected chi connectivity index (χ4v) is 4.94. The Balaban J connectivity index is 1.20. The molecular weight excluding hydrogens is 502 g/mol. The van der Waals surface area contributed by atoms with Crippen molar-refractivity contribution in [3.8, 4) is 11.1 Å². The van der Waals surface area contributed by atoms with Gasteiger partial charge in [-0.25, -0.2) is 14.4 Å². The quantitative estimate of drug-likeness (QED) is 0.380. The van der Waals surface area contributed by atoms with Crippen molar-refractivity contribution in [3.05, 3.63) is 59.7 Å². The van der Waals surface area contributed by atoms with Gasteiger partial charge in [0.15, 0.2) is 0 Å². The minimum Gasteiger partial charge on any atom is -0.480 e. The number of nitrogens with one attached hydrogen (secondary N) is 3. The maximum atomic E-state index is 12.5. The van der Waals surface area contributed by atoms with Gasteiger partial charge in [0.25, 0.3) is 0 Å². The van der Waals surface area contributed by atoms with Crippen molar-refractivity contribution in [1.82, 2.24) is 16.0 Å². The van der Waals surface area contributed by atoms with E-state index in [2.05, 4.69) is 16.0 Å². The lowest BCUT2D eigenvalue weighted by Gasteiger charge is -2.36. The average Bonchev–Trinajstić information content (AvgIpc) is 3.16. The summed E-state index contributed by atoms with van der Waals surface area (Å²) < 4.78 is 10.7. The summed E-state index contributed by atoms with van der Waals surface area (Å²) in [5.41, 5.74) is 3.70. The lowest BCUT2D eigenvalue weighted by atomic mass is 9.86. The number of carboxylic acids is 1. The zero-order chi connectivity index (χ0) is 28.2. The maximum Gasteiger partial charge on any atom is 0.407 e. The van der Waals surface area contributed by atoms with Crippen molar-refractivity contribution in [2.24, 2.45) is 0 Å². The summed E-state index contributed by atoms with van der Waals surface area (Å²) in [7, 11) is 0. The Hall–Kier alpha value is -4.08. The number of amides is 3. The van der Waals surface area contributed by atoms with Gasteiger partial charge in [0.1, 0.15) is 18.2 Å². The SMILES string of the molecule is CC(C)(C)OC(=O)N[C@H]1C[C@@H](NC(=O)CC[C@H](NC(=O)OCC2c3ccccc3-c3ccccc32)C(=O)O)C1. The fraction of sp³-hybridized carbons (Fsp3) is 0.448. The highest BCUT2D eigenvalue weighted by Crippen LogP contribution is 2.44. The summed E-state index contributed by atoms with van der Waals surface area (Å²) in [6.45, 7) is 5.41. The smallest absolute Gasteiger partial charge is 0.407 e. The van der Waals surface area contributed by atoms with E-state index in [0.717, 1.165) is 22.3 Å². The molecule has 3 amide bonds. The largest absolute Gasteiger partial charge is 0.480 e. The highest BCUT2D eigenvalue weighted by Gasteiger charge is 2.33. The van der Waals surface area contributed by atoms with Crippen LogP contribution in [0.25, 0.3) is 11.1 Å². The molecule has 1 atom stereocenters.